The Labute approximate surface area is 170 Å². The number of nitrogens with one attached hydrogen (secondary N) is 1. The third-order valence-electron chi connectivity index (χ3n) is 5.83. The molecule has 1 aromatic heterocycles. The van der Waals surface area contributed by atoms with Crippen molar-refractivity contribution in [3.05, 3.63) is 69.4 Å². The average Bonchev–Trinajstić information content (AvgIpc) is 3.25. The van der Waals surface area contributed by atoms with E-state index in [9.17, 15) is 9.59 Å². The summed E-state index contributed by atoms with van der Waals surface area (Å²) in [5.41, 5.74) is 2.92. The first-order chi connectivity index (χ1) is 13.7. The van der Waals surface area contributed by atoms with Crippen molar-refractivity contribution in [2.75, 3.05) is 13.6 Å². The van der Waals surface area contributed by atoms with Gasteiger partial charge in [-0.2, -0.15) is 0 Å². The standard InChI is InChI=1S/C23H26N2O2S/c1-25-21(19-12-7-15-28-19)20(17-10-5-6-11-18(17)23(25)27)22(26)24-14-13-16-8-3-2-4-9-16/h5-8,10-12,15,20-21H,2-4,9,13-14H2,1H3,(H,24,26). The van der Waals surface area contributed by atoms with Crippen LogP contribution in [0.3, 0.4) is 0 Å². The molecule has 2 unspecified atom stereocenters. The number of hydrogen-bond acceptors (Lipinski definition) is 3. The largest absolute Gasteiger partial charge is 0.355 e. The Morgan fingerprint density at radius 3 is 2.82 bits per heavy atom. The van der Waals surface area contributed by atoms with Gasteiger partial charge in [0.2, 0.25) is 5.91 Å². The summed E-state index contributed by atoms with van der Waals surface area (Å²) in [5, 5.41) is 5.15. The van der Waals surface area contributed by atoms with Crippen molar-refractivity contribution in [1.82, 2.24) is 10.2 Å². The second-order valence-corrected chi connectivity index (χ2v) is 8.57. The molecule has 28 heavy (non-hydrogen) atoms. The van der Waals surface area contributed by atoms with Crippen LogP contribution in [-0.2, 0) is 4.79 Å². The summed E-state index contributed by atoms with van der Waals surface area (Å²) in [4.78, 5) is 29.0. The minimum atomic E-state index is -0.391. The number of benzene rings is 1. The number of nitrogens with zero attached hydrogens (tertiary/aromatic N) is 1. The molecule has 0 bridgehead atoms. The lowest BCUT2D eigenvalue weighted by molar-refractivity contribution is -0.124. The summed E-state index contributed by atoms with van der Waals surface area (Å²) in [7, 11) is 1.80. The van der Waals surface area contributed by atoms with E-state index < -0.39 is 5.92 Å². The third-order valence-corrected chi connectivity index (χ3v) is 6.77. The van der Waals surface area contributed by atoms with Gasteiger partial charge in [-0.05, 0) is 55.2 Å². The molecule has 0 radical (unpaired) electrons. The first-order valence-electron chi connectivity index (χ1n) is 10.0. The van der Waals surface area contributed by atoms with Crippen LogP contribution in [-0.4, -0.2) is 30.3 Å². The van der Waals surface area contributed by atoms with Crippen LogP contribution in [0.1, 0.15) is 64.9 Å². The zero-order valence-corrected chi connectivity index (χ0v) is 17.0. The van der Waals surface area contributed by atoms with E-state index in [1.54, 1.807) is 23.3 Å². The smallest absolute Gasteiger partial charge is 0.254 e. The molecule has 0 fully saturated rings. The van der Waals surface area contributed by atoms with E-state index in [-0.39, 0.29) is 17.9 Å². The second kappa shape index (κ2) is 8.31. The predicted octanol–water partition coefficient (Wildman–Crippen LogP) is 4.67. The van der Waals surface area contributed by atoms with Crippen LogP contribution >= 0.6 is 11.3 Å². The predicted molar refractivity (Wildman–Crippen MR) is 113 cm³/mol. The highest BCUT2D eigenvalue weighted by atomic mass is 32.1. The lowest BCUT2D eigenvalue weighted by Crippen LogP contribution is -2.45. The molecule has 0 saturated carbocycles. The summed E-state index contributed by atoms with van der Waals surface area (Å²) in [6.07, 6.45) is 8.08. The Hall–Kier alpha value is -2.40. The van der Waals surface area contributed by atoms with Crippen LogP contribution in [0.15, 0.2) is 53.4 Å². The number of likely N-dealkylation sites (N-methyl/N-ethyl adjacent to an activating group) is 1. The van der Waals surface area contributed by atoms with Gasteiger partial charge in [0.15, 0.2) is 0 Å². The van der Waals surface area contributed by atoms with Gasteiger partial charge < -0.3 is 10.2 Å². The molecule has 4 rings (SSSR count). The lowest BCUT2D eigenvalue weighted by atomic mass is 9.81. The summed E-state index contributed by atoms with van der Waals surface area (Å²) >= 11 is 1.59. The Bertz CT molecular complexity index is 888. The van der Waals surface area contributed by atoms with Crippen molar-refractivity contribution in [2.24, 2.45) is 0 Å². The number of fused-ring (bicyclic) bond motifs is 1. The van der Waals surface area contributed by atoms with Crippen molar-refractivity contribution in [3.8, 4) is 0 Å². The monoisotopic (exact) mass is 394 g/mol. The summed E-state index contributed by atoms with van der Waals surface area (Å²) in [5.74, 6) is -0.412. The van der Waals surface area contributed by atoms with Crippen LogP contribution < -0.4 is 5.32 Å². The average molecular weight is 395 g/mol. The minimum Gasteiger partial charge on any atom is -0.355 e. The second-order valence-electron chi connectivity index (χ2n) is 7.59. The van der Waals surface area contributed by atoms with Gasteiger partial charge >= 0.3 is 0 Å². The SMILES string of the molecule is CN1C(=O)c2ccccc2C(C(=O)NCCC2=CCCCC2)C1c1cccs1. The fraction of sp³-hybridized carbons (Fsp3) is 0.391. The van der Waals surface area contributed by atoms with E-state index in [4.69, 9.17) is 0 Å². The maximum atomic E-state index is 13.3. The van der Waals surface area contributed by atoms with Gasteiger partial charge in [-0.15, -0.1) is 11.3 Å². The highest BCUT2D eigenvalue weighted by Gasteiger charge is 2.42. The molecule has 1 aliphatic carbocycles. The number of carbonyl (C=O) groups excluding carboxylic acids is 2. The van der Waals surface area contributed by atoms with Crippen LogP contribution in [0.5, 0.6) is 0 Å². The first kappa shape index (κ1) is 18.9. The van der Waals surface area contributed by atoms with Crippen molar-refractivity contribution >= 4 is 23.2 Å². The van der Waals surface area contributed by atoms with Gasteiger partial charge in [-0.3, -0.25) is 9.59 Å². The molecule has 5 heteroatoms. The normalized spacial score (nSPS) is 21.8. The van der Waals surface area contributed by atoms with Gasteiger partial charge in [0, 0.05) is 24.0 Å². The molecule has 2 aliphatic rings. The number of rotatable bonds is 5. The number of allylic oxidation sites excluding steroid dienone is 1. The zero-order chi connectivity index (χ0) is 19.5. The van der Waals surface area contributed by atoms with Crippen LogP contribution in [0.25, 0.3) is 0 Å². The Balaban J connectivity index is 1.59. The molecule has 1 aromatic carbocycles. The van der Waals surface area contributed by atoms with Crippen LogP contribution in [0.2, 0.25) is 0 Å². The van der Waals surface area contributed by atoms with Gasteiger partial charge in [0.25, 0.3) is 5.91 Å². The Morgan fingerprint density at radius 2 is 2.07 bits per heavy atom. The molecule has 2 atom stereocenters. The Morgan fingerprint density at radius 1 is 1.21 bits per heavy atom. The summed E-state index contributed by atoms with van der Waals surface area (Å²) < 4.78 is 0. The highest BCUT2D eigenvalue weighted by Crippen LogP contribution is 2.43. The number of hydrogen-bond donors (Lipinski definition) is 1. The molecule has 1 N–H and O–H groups in total. The summed E-state index contributed by atoms with van der Waals surface area (Å²) in [6, 6.07) is 11.2. The van der Waals surface area contributed by atoms with Crippen LogP contribution in [0.4, 0.5) is 0 Å². The molecule has 2 aromatic rings. The lowest BCUT2D eigenvalue weighted by Gasteiger charge is -2.39. The number of amides is 2. The van der Waals surface area contributed by atoms with E-state index >= 15 is 0 Å². The molecular weight excluding hydrogens is 368 g/mol. The van der Waals surface area contributed by atoms with E-state index in [1.165, 1.54) is 18.4 Å². The van der Waals surface area contributed by atoms with Gasteiger partial charge in [-0.1, -0.05) is 35.9 Å². The maximum absolute atomic E-state index is 13.3. The molecule has 2 heterocycles. The number of carbonyl (C=O) groups is 2. The third kappa shape index (κ3) is 3.63. The zero-order valence-electron chi connectivity index (χ0n) is 16.2. The van der Waals surface area contributed by atoms with E-state index in [0.29, 0.717) is 12.1 Å². The molecule has 146 valence electrons. The fourth-order valence-corrected chi connectivity index (χ4v) is 5.27. The molecule has 0 spiro atoms. The van der Waals surface area contributed by atoms with E-state index in [1.807, 2.05) is 41.8 Å². The molecular formula is C23H26N2O2S. The summed E-state index contributed by atoms with van der Waals surface area (Å²) in [6.45, 7) is 0.651. The van der Waals surface area contributed by atoms with Crippen molar-refractivity contribution in [2.45, 2.75) is 44.1 Å². The Kier molecular flexibility index (Phi) is 5.62. The van der Waals surface area contributed by atoms with Crippen molar-refractivity contribution in [1.29, 1.82) is 0 Å². The van der Waals surface area contributed by atoms with Gasteiger partial charge in [-0.25, -0.2) is 0 Å². The van der Waals surface area contributed by atoms with Crippen molar-refractivity contribution < 1.29 is 9.59 Å². The molecule has 4 nitrogen and oxygen atoms in total. The molecule has 0 saturated heterocycles. The first-order valence-corrected chi connectivity index (χ1v) is 10.9. The topological polar surface area (TPSA) is 49.4 Å². The van der Waals surface area contributed by atoms with Crippen LogP contribution in [0, 0.1) is 0 Å². The quantitative estimate of drug-likeness (QED) is 0.750. The molecule has 1 aliphatic heterocycles. The van der Waals surface area contributed by atoms with Crippen molar-refractivity contribution in [3.63, 3.8) is 0 Å². The van der Waals surface area contributed by atoms with E-state index in [0.717, 1.165) is 29.7 Å². The number of thiophene rings is 1. The van der Waals surface area contributed by atoms with E-state index in [2.05, 4.69) is 11.4 Å². The fourth-order valence-electron chi connectivity index (χ4n) is 4.36. The van der Waals surface area contributed by atoms with Gasteiger partial charge in [0.1, 0.15) is 0 Å². The van der Waals surface area contributed by atoms with Gasteiger partial charge in [0.05, 0.1) is 12.0 Å². The minimum absolute atomic E-state index is 0.00149. The molecule has 2 amide bonds. The highest BCUT2D eigenvalue weighted by molar-refractivity contribution is 7.10. The maximum Gasteiger partial charge on any atom is 0.254 e.